The maximum absolute atomic E-state index is 13.5. The predicted molar refractivity (Wildman–Crippen MR) is 239 cm³/mol. The van der Waals surface area contributed by atoms with E-state index in [2.05, 4.69) is 11.8 Å². The number of ether oxygens (including phenoxy) is 6. The van der Waals surface area contributed by atoms with Crippen molar-refractivity contribution < 1.29 is 68.3 Å². The number of fused-ring (bicyclic) bond motifs is 3. The summed E-state index contributed by atoms with van der Waals surface area (Å²) in [7, 11) is 2.66. The van der Waals surface area contributed by atoms with Gasteiger partial charge < -0.3 is 48.8 Å². The van der Waals surface area contributed by atoms with Gasteiger partial charge in [0.1, 0.15) is 64.5 Å². The number of carbonyl (C=O) groups is 2. The zero-order valence-electron chi connectivity index (χ0n) is 36.8. The molecule has 0 saturated carbocycles. The van der Waals surface area contributed by atoms with E-state index in [0.717, 1.165) is 0 Å². The molecule has 0 fully saturated rings. The Morgan fingerprint density at radius 2 is 1.23 bits per heavy atom. The van der Waals surface area contributed by atoms with E-state index in [9.17, 15) is 50.2 Å². The minimum absolute atomic E-state index is 0.0124. The zero-order chi connectivity index (χ0) is 48.1. The SMILES string of the molecule is COc1c2c(cc([N+](=O)[O-])c1C(=O)C#CCOc1ccc(CO)c(CO)c1)OC(C)(C)C=C2.COc1c2c(cc([N+](=O)[O-])c1C(=O)C1=Cc3cc(CO)c(CO)cc3OC1)OC(C)(C)C=C2. The molecule has 0 amide bonds. The maximum atomic E-state index is 13.5. The molecular weight excluding hydrogens is 861 g/mol. The lowest BCUT2D eigenvalue weighted by Crippen LogP contribution is -2.28. The van der Waals surface area contributed by atoms with Crippen LogP contribution in [0.2, 0.25) is 0 Å². The molecule has 0 spiro atoms. The lowest BCUT2D eigenvalue weighted by atomic mass is 9.92. The summed E-state index contributed by atoms with van der Waals surface area (Å²) in [6, 6.07) is 10.4. The van der Waals surface area contributed by atoms with Crippen molar-refractivity contribution in [2.24, 2.45) is 0 Å². The molecule has 0 aliphatic carbocycles. The smallest absolute Gasteiger partial charge is 0.288 e. The summed E-state index contributed by atoms with van der Waals surface area (Å²) in [6.07, 6.45) is 8.54. The number of nitro benzene ring substituents is 2. The lowest BCUT2D eigenvalue weighted by Gasteiger charge is -2.29. The predicted octanol–water partition coefficient (Wildman–Crippen LogP) is 6.47. The van der Waals surface area contributed by atoms with Crippen molar-refractivity contribution in [1.29, 1.82) is 0 Å². The molecule has 0 bridgehead atoms. The van der Waals surface area contributed by atoms with Crippen molar-refractivity contribution >= 4 is 41.2 Å². The number of nitrogens with zero attached hydrogens (tertiary/aromatic N) is 2. The van der Waals surface area contributed by atoms with Crippen LogP contribution >= 0.6 is 0 Å². The molecule has 0 aromatic heterocycles. The number of ketones is 2. The van der Waals surface area contributed by atoms with E-state index < -0.39 is 44.0 Å². The number of aliphatic hydroxyl groups is 4. The fourth-order valence-electron chi connectivity index (χ4n) is 7.30. The van der Waals surface area contributed by atoms with Gasteiger partial charge in [0.15, 0.2) is 5.56 Å². The van der Waals surface area contributed by atoms with Gasteiger partial charge in [-0.3, -0.25) is 29.8 Å². The molecule has 18 heteroatoms. The molecule has 0 radical (unpaired) electrons. The number of hydrogen-bond donors (Lipinski definition) is 4. The monoisotopic (exact) mass is 906 g/mol. The molecular formula is C48H46N2O16. The highest BCUT2D eigenvalue weighted by Gasteiger charge is 2.36. The molecule has 3 aliphatic heterocycles. The number of nitro groups is 2. The average Bonchev–Trinajstić information content (AvgIpc) is 3.29. The van der Waals surface area contributed by atoms with Crippen LogP contribution in [0.1, 0.15) is 87.4 Å². The Morgan fingerprint density at radius 3 is 1.76 bits per heavy atom. The third-order valence-electron chi connectivity index (χ3n) is 10.5. The van der Waals surface area contributed by atoms with Crippen molar-refractivity contribution in [3.05, 3.63) is 130 Å². The van der Waals surface area contributed by atoms with E-state index in [1.807, 2.05) is 13.8 Å². The zero-order valence-corrected chi connectivity index (χ0v) is 36.8. The fraction of sp³-hybridized carbons (Fsp3) is 0.292. The second-order valence-corrected chi connectivity index (χ2v) is 16.0. The van der Waals surface area contributed by atoms with E-state index >= 15 is 0 Å². The van der Waals surface area contributed by atoms with Gasteiger partial charge in [-0.15, -0.1) is 0 Å². The molecule has 18 nitrogen and oxygen atoms in total. The fourth-order valence-corrected chi connectivity index (χ4v) is 7.30. The number of Topliss-reactive ketones (excluding diaryl/α,β-unsaturated/α-hetero) is 2. The van der Waals surface area contributed by atoms with Gasteiger partial charge in [0.25, 0.3) is 11.4 Å². The first kappa shape index (κ1) is 47.9. The average molecular weight is 907 g/mol. The molecule has 0 unspecified atom stereocenters. The van der Waals surface area contributed by atoms with Gasteiger partial charge in [0.2, 0.25) is 11.6 Å². The normalized spacial score (nSPS) is 14.4. The minimum atomic E-state index is -0.796. The highest BCUT2D eigenvalue weighted by Crippen LogP contribution is 2.46. The van der Waals surface area contributed by atoms with Crippen LogP contribution in [0.4, 0.5) is 11.4 Å². The topological polar surface area (TPSA) is 257 Å². The number of carbonyl (C=O) groups excluding carboxylic acids is 2. The van der Waals surface area contributed by atoms with Crippen molar-refractivity contribution in [3.63, 3.8) is 0 Å². The summed E-state index contributed by atoms with van der Waals surface area (Å²) in [5, 5.41) is 61.2. The molecule has 7 rings (SSSR count). The van der Waals surface area contributed by atoms with Gasteiger partial charge in [-0.1, -0.05) is 12.0 Å². The Balaban J connectivity index is 0.000000218. The van der Waals surface area contributed by atoms with Crippen molar-refractivity contribution in [2.75, 3.05) is 27.4 Å². The van der Waals surface area contributed by atoms with E-state index in [0.29, 0.717) is 50.4 Å². The Bertz CT molecular complexity index is 2790. The van der Waals surface area contributed by atoms with Gasteiger partial charge in [-0.25, -0.2) is 0 Å². The first-order chi connectivity index (χ1) is 31.4. The van der Waals surface area contributed by atoms with Crippen LogP contribution in [-0.2, 0) is 26.4 Å². The van der Waals surface area contributed by atoms with Crippen LogP contribution in [0.3, 0.4) is 0 Å². The van der Waals surface area contributed by atoms with Crippen molar-refractivity contribution in [1.82, 2.24) is 0 Å². The molecule has 3 aliphatic rings. The molecule has 0 atom stereocenters. The van der Waals surface area contributed by atoms with Gasteiger partial charge >= 0.3 is 0 Å². The number of benzene rings is 4. The first-order valence-electron chi connectivity index (χ1n) is 20.2. The molecule has 4 aromatic carbocycles. The van der Waals surface area contributed by atoms with E-state index in [4.69, 9.17) is 28.4 Å². The van der Waals surface area contributed by atoms with E-state index in [-0.39, 0.29) is 79.3 Å². The molecule has 3 heterocycles. The number of hydrogen-bond acceptors (Lipinski definition) is 16. The van der Waals surface area contributed by atoms with Crippen LogP contribution in [0.5, 0.6) is 34.5 Å². The molecule has 66 heavy (non-hydrogen) atoms. The third-order valence-corrected chi connectivity index (χ3v) is 10.5. The van der Waals surface area contributed by atoms with Crippen LogP contribution in [0, 0.1) is 32.1 Å². The Hall–Kier alpha value is -7.56. The summed E-state index contributed by atoms with van der Waals surface area (Å²) >= 11 is 0. The van der Waals surface area contributed by atoms with Gasteiger partial charge in [0, 0.05) is 11.1 Å². The molecule has 344 valence electrons. The molecule has 4 aromatic rings. The number of rotatable bonds is 13. The highest BCUT2D eigenvalue weighted by atomic mass is 16.6. The van der Waals surface area contributed by atoms with E-state index in [1.165, 1.54) is 26.4 Å². The molecule has 0 saturated heterocycles. The van der Waals surface area contributed by atoms with E-state index in [1.54, 1.807) is 74.6 Å². The Morgan fingerprint density at radius 1 is 0.712 bits per heavy atom. The molecule has 4 N–H and O–H groups in total. The summed E-state index contributed by atoms with van der Waals surface area (Å²) < 4.78 is 33.6. The Kier molecular flexibility index (Phi) is 14.3. The van der Waals surface area contributed by atoms with Crippen LogP contribution in [0.25, 0.3) is 18.2 Å². The van der Waals surface area contributed by atoms with Gasteiger partial charge in [0.05, 0.1) is 73.8 Å². The number of methoxy groups -OCH3 is 2. The summed E-state index contributed by atoms with van der Waals surface area (Å²) in [5.74, 6) is 4.89. The third kappa shape index (κ3) is 10.0. The standard InChI is InChI=1S/2C24H23NO8/c1-24(2)5-4-17-20(33-24)9-18(25(29)30)21(23(17)31-3)22(28)16-7-13-6-14(10-26)15(11-27)8-19(13)32-12-16;1-24(2)9-8-18-21(33-24)12-19(25(29)30)22(23(18)31-3)20(28)5-4-10-32-17-7-6-15(13-26)16(11-17)14-27/h4-9,26-27H,10-12H2,1-3H3;6-9,11-12,26-27H,10,13-14H2,1-3H3. The number of aliphatic hydroxyl groups excluding tert-OH is 4. The quantitative estimate of drug-likeness (QED) is 0.0369. The second kappa shape index (κ2) is 19.7. The largest absolute Gasteiger partial charge is 0.495 e. The van der Waals surface area contributed by atoms with Gasteiger partial charge in [-0.2, -0.15) is 0 Å². The first-order valence-corrected chi connectivity index (χ1v) is 20.2. The minimum Gasteiger partial charge on any atom is -0.495 e. The van der Waals surface area contributed by atoms with Gasteiger partial charge in [-0.05, 0) is 111 Å². The van der Waals surface area contributed by atoms with Crippen LogP contribution in [-0.4, -0.2) is 80.5 Å². The van der Waals surface area contributed by atoms with Crippen LogP contribution in [0.15, 0.2) is 60.2 Å². The summed E-state index contributed by atoms with van der Waals surface area (Å²) in [4.78, 5) is 48.6. The van der Waals surface area contributed by atoms with Crippen LogP contribution < -0.4 is 28.4 Å². The summed E-state index contributed by atoms with van der Waals surface area (Å²) in [6.45, 7) is 5.88. The van der Waals surface area contributed by atoms with Crippen molar-refractivity contribution in [2.45, 2.75) is 65.3 Å². The summed E-state index contributed by atoms with van der Waals surface area (Å²) in [5.41, 5.74) is 0.962. The maximum Gasteiger partial charge on any atom is 0.288 e. The second-order valence-electron chi connectivity index (χ2n) is 16.0. The van der Waals surface area contributed by atoms with Crippen molar-refractivity contribution in [3.8, 4) is 46.3 Å². The lowest BCUT2D eigenvalue weighted by molar-refractivity contribution is -0.385. The Labute approximate surface area is 378 Å². The highest BCUT2D eigenvalue weighted by molar-refractivity contribution is 6.17.